The Morgan fingerprint density at radius 2 is 0.952 bits per heavy atom. The van der Waals surface area contributed by atoms with E-state index in [0.717, 1.165) is 124 Å². The van der Waals surface area contributed by atoms with Crippen LogP contribution in [-0.4, -0.2) is 198 Å². The van der Waals surface area contributed by atoms with E-state index in [0.29, 0.717) is 52.8 Å². The molecule has 16 nitrogen and oxygen atoms in total. The fourth-order valence-electron chi connectivity index (χ4n) is 8.56. The first kappa shape index (κ1) is 56.2. The average molecular weight is 898 g/mol. The molecule has 4 heterocycles. The smallest absolute Gasteiger partial charge is 0.233 e. The predicted octanol–water partition coefficient (Wildman–Crippen LogP) is 1.94. The van der Waals surface area contributed by atoms with Crippen LogP contribution in [0.1, 0.15) is 116 Å². The Morgan fingerprint density at radius 1 is 0.524 bits per heavy atom. The maximum Gasteiger partial charge on any atom is 0.233 e. The van der Waals surface area contributed by atoms with Gasteiger partial charge in [-0.05, 0) is 19.4 Å². The Morgan fingerprint density at radius 3 is 1.44 bits per heavy atom. The minimum atomic E-state index is -0.349. The first-order valence-corrected chi connectivity index (χ1v) is 25.9. The molecule has 4 saturated heterocycles. The van der Waals surface area contributed by atoms with Crippen molar-refractivity contribution < 1.29 is 23.8 Å². The lowest BCUT2D eigenvalue weighted by Gasteiger charge is -2.37. The molecule has 0 aliphatic carbocycles. The van der Waals surface area contributed by atoms with E-state index in [4.69, 9.17) is 24.8 Å². The number of nitrogens with zero attached hydrogens (tertiary/aromatic N) is 2. The first-order chi connectivity index (χ1) is 31.0. The second-order valence-corrected chi connectivity index (χ2v) is 18.5. The van der Waals surface area contributed by atoms with Gasteiger partial charge in [-0.25, -0.2) is 0 Å². The second-order valence-electron chi connectivity index (χ2n) is 18.5. The highest BCUT2D eigenvalue weighted by atomic mass is 16.7. The highest BCUT2D eigenvalue weighted by Crippen LogP contribution is 2.14. The molecule has 1 amide bonds. The minimum absolute atomic E-state index is 0.0102. The standard InChI is InChI=1S/C47H99N11O5/c1-2-3-4-5-6-7-8-9-10-11-12-13-14-15-16-17-27-58-30-33-62-35-34-60-31-28-57(29-32-61-36-37-63-58)26-18-19-55-45(59)38-56-47-42-52-23-20-49-39-46(48,40-50-21-24-53-43-47)41-51-22-25-54-44-47/h49-54,56H,2-44,48H2,1H3,(H,55,59). The van der Waals surface area contributed by atoms with Crippen LogP contribution in [0.4, 0.5) is 0 Å². The number of nitrogens with one attached hydrogen (secondary N) is 8. The van der Waals surface area contributed by atoms with E-state index in [-0.39, 0.29) is 23.5 Å². The Balaban J connectivity index is 1.28. The van der Waals surface area contributed by atoms with Gasteiger partial charge in [-0.3, -0.25) is 19.8 Å². The zero-order chi connectivity index (χ0) is 44.6. The van der Waals surface area contributed by atoms with Crippen molar-refractivity contribution in [3.05, 3.63) is 0 Å². The summed E-state index contributed by atoms with van der Waals surface area (Å²) in [5.41, 5.74) is 6.06. The van der Waals surface area contributed by atoms with Gasteiger partial charge in [0.05, 0.1) is 63.9 Å². The molecule has 0 aromatic heterocycles. The van der Waals surface area contributed by atoms with Crippen LogP contribution in [0.25, 0.3) is 0 Å². The molecular weight excluding hydrogens is 799 g/mol. The molecule has 0 unspecified atom stereocenters. The number of ether oxygens (including phenoxy) is 3. The zero-order valence-corrected chi connectivity index (χ0v) is 40.4. The molecule has 4 fully saturated rings. The van der Waals surface area contributed by atoms with E-state index < -0.39 is 0 Å². The van der Waals surface area contributed by atoms with E-state index >= 15 is 0 Å². The number of rotatable bonds is 24. The summed E-state index contributed by atoms with van der Waals surface area (Å²) in [5.74, 6) is 0.0102. The van der Waals surface area contributed by atoms with Gasteiger partial charge in [0.25, 0.3) is 0 Å². The van der Waals surface area contributed by atoms with Gasteiger partial charge in [-0.1, -0.05) is 103 Å². The van der Waals surface area contributed by atoms with Crippen molar-refractivity contribution in [2.45, 2.75) is 127 Å². The van der Waals surface area contributed by atoms with E-state index in [9.17, 15) is 4.79 Å². The Hall–Kier alpha value is -1.09. The molecule has 0 spiro atoms. The molecule has 63 heavy (non-hydrogen) atoms. The number of unbranched alkanes of at least 4 members (excludes halogenated alkanes) is 15. The van der Waals surface area contributed by atoms with Crippen LogP contribution in [0.2, 0.25) is 0 Å². The average Bonchev–Trinajstić information content (AvgIpc) is 3.28. The normalized spacial score (nSPS) is 24.7. The summed E-state index contributed by atoms with van der Waals surface area (Å²) < 4.78 is 17.9. The van der Waals surface area contributed by atoms with Crippen molar-refractivity contribution in [2.75, 3.05) is 171 Å². The van der Waals surface area contributed by atoms with Crippen LogP contribution in [-0.2, 0) is 23.8 Å². The lowest BCUT2D eigenvalue weighted by molar-refractivity contribution is -0.178. The van der Waals surface area contributed by atoms with Crippen molar-refractivity contribution in [2.24, 2.45) is 5.73 Å². The van der Waals surface area contributed by atoms with Crippen molar-refractivity contribution in [3.63, 3.8) is 0 Å². The molecule has 0 aromatic rings. The molecule has 0 atom stereocenters. The van der Waals surface area contributed by atoms with Crippen molar-refractivity contribution in [3.8, 4) is 0 Å². The highest BCUT2D eigenvalue weighted by Gasteiger charge is 2.31. The fraction of sp³-hybridized carbons (Fsp3) is 0.979. The third-order valence-corrected chi connectivity index (χ3v) is 12.6. The number of hydrogen-bond acceptors (Lipinski definition) is 15. The third kappa shape index (κ3) is 30.8. The van der Waals surface area contributed by atoms with Gasteiger partial charge in [0.1, 0.15) is 0 Å². The largest absolute Gasteiger partial charge is 0.378 e. The second kappa shape index (κ2) is 39.0. The topological polar surface area (TPSA) is 183 Å². The number of hydrogen-bond donors (Lipinski definition) is 9. The van der Waals surface area contributed by atoms with Gasteiger partial charge in [-0.2, -0.15) is 5.06 Å². The number of fused-ring (bicyclic) bond motifs is 15. The van der Waals surface area contributed by atoms with Crippen LogP contribution in [0.5, 0.6) is 0 Å². The van der Waals surface area contributed by atoms with E-state index in [1.165, 1.54) is 96.3 Å². The zero-order valence-electron chi connectivity index (χ0n) is 40.4. The van der Waals surface area contributed by atoms with Crippen LogP contribution < -0.4 is 48.3 Å². The maximum absolute atomic E-state index is 13.2. The third-order valence-electron chi connectivity index (χ3n) is 12.6. The SMILES string of the molecule is CCCCCCCCCCCCCCCCCCN1CCOCCOCCN(CCCNC(=O)CNC23CNCCNCC(N)(CNCCNC2)CNCCNC3)CCOCCO1. The van der Waals surface area contributed by atoms with E-state index in [1.54, 1.807) is 0 Å². The molecule has 372 valence electrons. The molecular formula is C47H99N11O5. The maximum atomic E-state index is 13.2. The summed E-state index contributed by atoms with van der Waals surface area (Å²) in [5, 5.41) is 30.4. The quantitative estimate of drug-likeness (QED) is 0.0642. The Kier molecular flexibility index (Phi) is 34.8. The monoisotopic (exact) mass is 898 g/mol. The van der Waals surface area contributed by atoms with Gasteiger partial charge in [0.15, 0.2) is 0 Å². The minimum Gasteiger partial charge on any atom is -0.378 e. The van der Waals surface area contributed by atoms with Gasteiger partial charge in [-0.15, -0.1) is 0 Å². The lowest BCUT2D eigenvalue weighted by Crippen LogP contribution is -2.67. The number of carbonyl (C=O) groups excluding carboxylic acids is 1. The molecule has 0 radical (unpaired) electrons. The predicted molar refractivity (Wildman–Crippen MR) is 258 cm³/mol. The molecule has 0 aromatic carbocycles. The van der Waals surface area contributed by atoms with Crippen LogP contribution >= 0.6 is 0 Å². The first-order valence-electron chi connectivity index (χ1n) is 25.9. The van der Waals surface area contributed by atoms with Crippen molar-refractivity contribution in [1.29, 1.82) is 0 Å². The van der Waals surface area contributed by atoms with Gasteiger partial charge >= 0.3 is 0 Å². The Labute approximate surface area is 384 Å². The number of nitrogens with two attached hydrogens (primary N) is 1. The molecule has 4 rings (SSSR count). The molecule has 0 saturated carbocycles. The summed E-state index contributed by atoms with van der Waals surface area (Å²) in [6.07, 6.45) is 22.8. The Bertz CT molecular complexity index is 1010. The summed E-state index contributed by atoms with van der Waals surface area (Å²) in [6.45, 7) is 20.8. The van der Waals surface area contributed by atoms with Gasteiger partial charge < -0.3 is 57.2 Å². The van der Waals surface area contributed by atoms with E-state index in [2.05, 4.69) is 59.4 Å². The van der Waals surface area contributed by atoms with Gasteiger partial charge in [0, 0.05) is 111 Å². The summed E-state index contributed by atoms with van der Waals surface area (Å²) >= 11 is 0. The molecule has 2 bridgehead atoms. The van der Waals surface area contributed by atoms with Crippen molar-refractivity contribution >= 4 is 5.91 Å². The number of hydroxylamine groups is 2. The molecule has 10 N–H and O–H groups in total. The molecule has 4 aliphatic heterocycles. The highest BCUT2D eigenvalue weighted by molar-refractivity contribution is 5.78. The number of amides is 1. The molecule has 16 heteroatoms. The lowest BCUT2D eigenvalue weighted by atomic mass is 9.98. The van der Waals surface area contributed by atoms with Crippen LogP contribution in [0.3, 0.4) is 0 Å². The van der Waals surface area contributed by atoms with Crippen LogP contribution in [0, 0.1) is 0 Å². The van der Waals surface area contributed by atoms with E-state index in [1.807, 2.05) is 0 Å². The van der Waals surface area contributed by atoms with Crippen LogP contribution in [0.15, 0.2) is 0 Å². The fourth-order valence-corrected chi connectivity index (χ4v) is 8.56. The van der Waals surface area contributed by atoms with Gasteiger partial charge in [0.2, 0.25) is 5.91 Å². The summed E-state index contributed by atoms with van der Waals surface area (Å²) in [6, 6.07) is 0. The number of carbonyl (C=O) groups is 1. The van der Waals surface area contributed by atoms with Crippen molar-refractivity contribution in [1.82, 2.24) is 52.5 Å². The summed E-state index contributed by atoms with van der Waals surface area (Å²) in [4.78, 5) is 21.7. The summed E-state index contributed by atoms with van der Waals surface area (Å²) in [7, 11) is 0. The molecule has 4 aliphatic rings.